The lowest BCUT2D eigenvalue weighted by Crippen LogP contribution is -2.54. The summed E-state index contributed by atoms with van der Waals surface area (Å²) >= 11 is 0. The standard InChI is InChI=1S/C18H16F2N4O5/c19-13(20)15-23-22-14(29-15)8-5-6-9-10(7-8)17(26)24(16(9)25)12-4-2-1-3-11(12)21-18(27)28/h5-7,11-13,21H,1-4H2,(H,27,28)/t11-,12-/m1/s1. The molecule has 1 saturated carbocycles. The van der Waals surface area contributed by atoms with Crippen molar-refractivity contribution in [3.8, 4) is 11.5 Å². The quantitative estimate of drug-likeness (QED) is 0.748. The number of nitrogens with one attached hydrogen (secondary N) is 1. The van der Waals surface area contributed by atoms with Crippen LogP contribution in [0.25, 0.3) is 11.5 Å². The third-order valence-corrected chi connectivity index (χ3v) is 5.16. The molecule has 1 aliphatic heterocycles. The third kappa shape index (κ3) is 3.32. The molecule has 0 saturated heterocycles. The lowest BCUT2D eigenvalue weighted by atomic mass is 9.89. The predicted octanol–water partition coefficient (Wildman–Crippen LogP) is 2.85. The Bertz CT molecular complexity index is 992. The Balaban J connectivity index is 1.65. The number of halogens is 2. The summed E-state index contributed by atoms with van der Waals surface area (Å²) in [5.74, 6) is -2.11. The number of alkyl halides is 2. The molecule has 29 heavy (non-hydrogen) atoms. The Morgan fingerprint density at radius 1 is 1.17 bits per heavy atom. The molecule has 0 bridgehead atoms. The van der Waals surface area contributed by atoms with Gasteiger partial charge in [0.1, 0.15) is 0 Å². The van der Waals surface area contributed by atoms with Crippen LogP contribution in [0.3, 0.4) is 0 Å². The number of aromatic nitrogens is 2. The number of rotatable bonds is 4. The van der Waals surface area contributed by atoms with Gasteiger partial charge in [-0.15, -0.1) is 10.2 Å². The number of hydrogen-bond donors (Lipinski definition) is 2. The monoisotopic (exact) mass is 406 g/mol. The van der Waals surface area contributed by atoms with Crippen LogP contribution in [-0.4, -0.2) is 50.2 Å². The zero-order valence-electron chi connectivity index (χ0n) is 15.0. The molecule has 1 aromatic heterocycles. The van der Waals surface area contributed by atoms with E-state index in [9.17, 15) is 23.2 Å². The van der Waals surface area contributed by atoms with Gasteiger partial charge >= 0.3 is 12.5 Å². The highest BCUT2D eigenvalue weighted by Crippen LogP contribution is 2.33. The van der Waals surface area contributed by atoms with Gasteiger partial charge in [0.15, 0.2) is 0 Å². The van der Waals surface area contributed by atoms with Crippen molar-refractivity contribution < 1.29 is 32.7 Å². The van der Waals surface area contributed by atoms with Crippen molar-refractivity contribution in [1.29, 1.82) is 0 Å². The second-order valence-corrected chi connectivity index (χ2v) is 6.89. The fraction of sp³-hybridized carbons (Fsp3) is 0.389. The fourth-order valence-electron chi connectivity index (χ4n) is 3.88. The lowest BCUT2D eigenvalue weighted by Gasteiger charge is -2.36. The van der Waals surface area contributed by atoms with Crippen molar-refractivity contribution in [2.75, 3.05) is 0 Å². The van der Waals surface area contributed by atoms with E-state index < -0.39 is 42.3 Å². The number of carboxylic acid groups (broad SMARTS) is 1. The van der Waals surface area contributed by atoms with Crippen molar-refractivity contribution in [1.82, 2.24) is 20.4 Å². The van der Waals surface area contributed by atoms with Crippen LogP contribution in [0.5, 0.6) is 0 Å². The normalized spacial score (nSPS) is 21.6. The Labute approximate surface area is 162 Å². The summed E-state index contributed by atoms with van der Waals surface area (Å²) in [5.41, 5.74) is 0.478. The topological polar surface area (TPSA) is 126 Å². The van der Waals surface area contributed by atoms with Crippen LogP contribution in [0.2, 0.25) is 0 Å². The third-order valence-electron chi connectivity index (χ3n) is 5.16. The highest BCUT2D eigenvalue weighted by atomic mass is 19.3. The first-order valence-electron chi connectivity index (χ1n) is 9.00. The van der Waals surface area contributed by atoms with Gasteiger partial charge in [0, 0.05) is 5.56 Å². The van der Waals surface area contributed by atoms with E-state index in [-0.39, 0.29) is 22.6 Å². The number of fused-ring (bicyclic) bond motifs is 1. The second-order valence-electron chi connectivity index (χ2n) is 6.89. The Morgan fingerprint density at radius 2 is 1.90 bits per heavy atom. The van der Waals surface area contributed by atoms with Crippen LogP contribution in [0.15, 0.2) is 22.6 Å². The highest BCUT2D eigenvalue weighted by Gasteiger charge is 2.44. The molecule has 2 heterocycles. The molecule has 4 rings (SSSR count). The summed E-state index contributed by atoms with van der Waals surface area (Å²) in [4.78, 5) is 38.0. The molecular formula is C18H16F2N4O5. The van der Waals surface area contributed by atoms with Crippen molar-refractivity contribution in [2.24, 2.45) is 0 Å². The first-order valence-corrected chi connectivity index (χ1v) is 9.00. The lowest BCUT2D eigenvalue weighted by molar-refractivity contribution is 0.0502. The van der Waals surface area contributed by atoms with Gasteiger partial charge in [0.05, 0.1) is 23.2 Å². The maximum Gasteiger partial charge on any atom is 0.404 e. The molecule has 2 atom stereocenters. The largest absolute Gasteiger partial charge is 0.465 e. The molecule has 2 aliphatic rings. The van der Waals surface area contributed by atoms with Crippen molar-refractivity contribution in [3.63, 3.8) is 0 Å². The molecular weight excluding hydrogens is 390 g/mol. The van der Waals surface area contributed by atoms with Crippen LogP contribution in [0.1, 0.15) is 58.7 Å². The average molecular weight is 406 g/mol. The zero-order chi connectivity index (χ0) is 20.7. The van der Waals surface area contributed by atoms with Gasteiger partial charge in [-0.3, -0.25) is 14.5 Å². The molecule has 2 N–H and O–H groups in total. The molecule has 152 valence electrons. The molecule has 9 nitrogen and oxygen atoms in total. The summed E-state index contributed by atoms with van der Waals surface area (Å²) in [7, 11) is 0. The molecule has 1 aliphatic carbocycles. The van der Waals surface area contributed by atoms with E-state index in [1.165, 1.54) is 18.2 Å². The number of carbonyl (C=O) groups excluding carboxylic acids is 2. The van der Waals surface area contributed by atoms with Crippen LogP contribution in [0, 0.1) is 0 Å². The van der Waals surface area contributed by atoms with Gasteiger partial charge in [-0.05, 0) is 31.0 Å². The van der Waals surface area contributed by atoms with E-state index in [1.807, 2.05) is 0 Å². The second kappa shape index (κ2) is 7.22. The minimum absolute atomic E-state index is 0.0870. The van der Waals surface area contributed by atoms with E-state index in [0.29, 0.717) is 12.8 Å². The Morgan fingerprint density at radius 3 is 2.59 bits per heavy atom. The molecule has 1 fully saturated rings. The first-order chi connectivity index (χ1) is 13.9. The smallest absolute Gasteiger partial charge is 0.404 e. The summed E-state index contributed by atoms with van der Waals surface area (Å²) in [6.07, 6.45) is -1.57. The molecule has 1 aromatic carbocycles. The number of carbonyl (C=O) groups is 3. The number of amides is 3. The van der Waals surface area contributed by atoms with Crippen LogP contribution < -0.4 is 5.32 Å². The van der Waals surface area contributed by atoms with Crippen molar-refractivity contribution in [3.05, 3.63) is 35.2 Å². The van der Waals surface area contributed by atoms with Gasteiger partial charge in [-0.25, -0.2) is 4.79 Å². The number of imide groups is 1. The summed E-state index contributed by atoms with van der Waals surface area (Å²) in [6, 6.07) is 3.04. The molecule has 0 unspecified atom stereocenters. The molecule has 0 radical (unpaired) electrons. The average Bonchev–Trinajstić information content (AvgIpc) is 3.27. The molecule has 0 spiro atoms. The highest BCUT2D eigenvalue weighted by molar-refractivity contribution is 6.22. The van der Waals surface area contributed by atoms with Gasteiger partial charge in [-0.1, -0.05) is 12.8 Å². The van der Waals surface area contributed by atoms with E-state index in [4.69, 9.17) is 9.52 Å². The maximum absolute atomic E-state index is 13.0. The first kappa shape index (κ1) is 19.0. The molecule has 11 heteroatoms. The summed E-state index contributed by atoms with van der Waals surface area (Å²) in [6.45, 7) is 0. The van der Waals surface area contributed by atoms with Crippen LogP contribution in [0.4, 0.5) is 13.6 Å². The Kier molecular flexibility index (Phi) is 4.73. The predicted molar refractivity (Wildman–Crippen MR) is 92.4 cm³/mol. The van der Waals surface area contributed by atoms with Gasteiger partial charge in [0.25, 0.3) is 17.7 Å². The maximum atomic E-state index is 13.0. The Hall–Kier alpha value is -3.37. The van der Waals surface area contributed by atoms with Crippen LogP contribution >= 0.6 is 0 Å². The van der Waals surface area contributed by atoms with Gasteiger partial charge in [0.2, 0.25) is 5.89 Å². The van der Waals surface area contributed by atoms with E-state index in [1.54, 1.807) is 0 Å². The minimum atomic E-state index is -2.92. The fourth-order valence-corrected chi connectivity index (χ4v) is 3.88. The van der Waals surface area contributed by atoms with Gasteiger partial charge in [-0.2, -0.15) is 8.78 Å². The van der Waals surface area contributed by atoms with Crippen molar-refractivity contribution in [2.45, 2.75) is 44.2 Å². The SMILES string of the molecule is O=C(O)N[C@@H]1CCCC[C@H]1N1C(=O)c2ccc(-c3nnc(C(F)F)o3)cc2C1=O. The van der Waals surface area contributed by atoms with Gasteiger partial charge < -0.3 is 14.8 Å². The minimum Gasteiger partial charge on any atom is -0.465 e. The molecule has 2 aromatic rings. The summed E-state index contributed by atoms with van der Waals surface area (Å²) in [5, 5.41) is 18.3. The zero-order valence-corrected chi connectivity index (χ0v) is 15.0. The number of nitrogens with zero attached hydrogens (tertiary/aromatic N) is 3. The van der Waals surface area contributed by atoms with E-state index in [0.717, 1.165) is 17.7 Å². The number of benzene rings is 1. The summed E-state index contributed by atoms with van der Waals surface area (Å²) < 4.78 is 30.2. The van der Waals surface area contributed by atoms with Crippen molar-refractivity contribution >= 4 is 17.9 Å². The molecule has 3 amide bonds. The van der Waals surface area contributed by atoms with E-state index >= 15 is 0 Å². The number of hydrogen-bond acceptors (Lipinski definition) is 6. The van der Waals surface area contributed by atoms with Crippen LogP contribution in [-0.2, 0) is 0 Å². The van der Waals surface area contributed by atoms with E-state index in [2.05, 4.69) is 15.5 Å².